The van der Waals surface area contributed by atoms with Crippen LogP contribution in [0, 0.1) is 17.8 Å². The van der Waals surface area contributed by atoms with Gasteiger partial charge < -0.3 is 10.0 Å². The van der Waals surface area contributed by atoms with E-state index in [1.807, 2.05) is 11.9 Å². The number of carbonyl (C=O) groups excluding carboxylic acids is 1. The number of rotatable bonds is 2. The molecule has 1 amide bonds. The summed E-state index contributed by atoms with van der Waals surface area (Å²) in [7, 11) is 1.98. The predicted octanol–water partition coefficient (Wildman–Crippen LogP) is 3.49. The lowest BCUT2D eigenvalue weighted by Gasteiger charge is -2.25. The number of hydrogen-bond acceptors (Lipinski definition) is 3. The zero-order chi connectivity index (χ0) is 16.1. The van der Waals surface area contributed by atoms with Crippen molar-refractivity contribution in [2.45, 2.75) is 64.0 Å². The van der Waals surface area contributed by atoms with Gasteiger partial charge in [-0.2, -0.15) is 0 Å². The van der Waals surface area contributed by atoms with Gasteiger partial charge in [-0.25, -0.2) is 0 Å². The van der Waals surface area contributed by atoms with Crippen LogP contribution >= 0.6 is 11.3 Å². The smallest absolute Gasteiger partial charge is 0.263 e. The van der Waals surface area contributed by atoms with E-state index in [2.05, 4.69) is 13.0 Å². The molecular formula is C19H27NO2S. The molecule has 2 fully saturated rings. The maximum absolute atomic E-state index is 12.9. The van der Waals surface area contributed by atoms with Crippen LogP contribution in [0.1, 0.15) is 59.1 Å². The van der Waals surface area contributed by atoms with E-state index < -0.39 is 0 Å². The number of thiophene rings is 1. The zero-order valence-electron chi connectivity index (χ0n) is 14.1. The molecule has 0 aromatic carbocycles. The van der Waals surface area contributed by atoms with Crippen molar-refractivity contribution in [3.8, 4) is 0 Å². The topological polar surface area (TPSA) is 40.5 Å². The molecule has 3 unspecified atom stereocenters. The number of nitrogens with zero attached hydrogens (tertiary/aromatic N) is 1. The minimum Gasteiger partial charge on any atom is -0.393 e. The molecule has 5 atom stereocenters. The van der Waals surface area contributed by atoms with Crippen LogP contribution in [0.2, 0.25) is 0 Å². The lowest BCUT2D eigenvalue weighted by atomic mass is 9.90. The van der Waals surface area contributed by atoms with Crippen LogP contribution in [0.3, 0.4) is 0 Å². The number of hydrogen-bond donors (Lipinski definition) is 1. The highest BCUT2D eigenvalue weighted by Gasteiger charge is 2.43. The summed E-state index contributed by atoms with van der Waals surface area (Å²) in [6.45, 7) is 2.31. The molecule has 3 aliphatic rings. The average Bonchev–Trinajstić information content (AvgIpc) is 3.17. The van der Waals surface area contributed by atoms with Crippen molar-refractivity contribution in [3.05, 3.63) is 21.4 Å². The quantitative estimate of drug-likeness (QED) is 0.900. The van der Waals surface area contributed by atoms with Gasteiger partial charge in [-0.1, -0.05) is 6.92 Å². The molecule has 23 heavy (non-hydrogen) atoms. The zero-order valence-corrected chi connectivity index (χ0v) is 14.9. The third kappa shape index (κ3) is 2.85. The molecule has 1 aromatic rings. The predicted molar refractivity (Wildman–Crippen MR) is 92.8 cm³/mol. The summed E-state index contributed by atoms with van der Waals surface area (Å²) in [5, 5.41) is 9.78. The van der Waals surface area contributed by atoms with E-state index in [1.165, 1.54) is 16.9 Å². The summed E-state index contributed by atoms with van der Waals surface area (Å²) >= 11 is 1.72. The monoisotopic (exact) mass is 333 g/mol. The molecule has 126 valence electrons. The van der Waals surface area contributed by atoms with Crippen LogP contribution in [-0.2, 0) is 12.8 Å². The van der Waals surface area contributed by atoms with Crippen LogP contribution in [0.5, 0.6) is 0 Å². The molecule has 0 bridgehead atoms. The van der Waals surface area contributed by atoms with Gasteiger partial charge >= 0.3 is 0 Å². The van der Waals surface area contributed by atoms with Gasteiger partial charge in [0.1, 0.15) is 0 Å². The first-order valence-corrected chi connectivity index (χ1v) is 9.89. The first-order valence-electron chi connectivity index (χ1n) is 9.08. The molecule has 3 nitrogen and oxygen atoms in total. The Morgan fingerprint density at radius 1 is 1.26 bits per heavy atom. The Balaban J connectivity index is 1.45. The van der Waals surface area contributed by atoms with Crippen LogP contribution in [-0.4, -0.2) is 35.1 Å². The molecule has 0 aliphatic heterocycles. The molecule has 4 heteroatoms. The molecular weight excluding hydrogens is 306 g/mol. The Hall–Kier alpha value is -0.870. The van der Waals surface area contributed by atoms with Gasteiger partial charge in [-0.3, -0.25) is 4.79 Å². The summed E-state index contributed by atoms with van der Waals surface area (Å²) in [5.41, 5.74) is 1.41. The van der Waals surface area contributed by atoms with Gasteiger partial charge in [0, 0.05) is 18.0 Å². The minimum atomic E-state index is -0.0991. The van der Waals surface area contributed by atoms with Crippen LogP contribution < -0.4 is 0 Å². The Morgan fingerprint density at radius 2 is 1.96 bits per heavy atom. The Morgan fingerprint density at radius 3 is 2.65 bits per heavy atom. The minimum absolute atomic E-state index is 0.0991. The van der Waals surface area contributed by atoms with E-state index in [1.54, 1.807) is 11.3 Å². The fraction of sp³-hybridized carbons (Fsp3) is 0.737. The van der Waals surface area contributed by atoms with Gasteiger partial charge in [0.05, 0.1) is 11.0 Å². The number of amides is 1. The van der Waals surface area contributed by atoms with Gasteiger partial charge in [-0.05, 0) is 74.3 Å². The highest BCUT2D eigenvalue weighted by atomic mass is 32.1. The van der Waals surface area contributed by atoms with Crippen LogP contribution in [0.25, 0.3) is 0 Å². The molecule has 0 spiro atoms. The van der Waals surface area contributed by atoms with Gasteiger partial charge in [0.25, 0.3) is 5.91 Å². The molecule has 0 saturated heterocycles. The fourth-order valence-corrected chi connectivity index (χ4v) is 6.21. The standard InChI is InChI=1S/C19H27NO2S/c1-11-3-4-17-14(5-11)10-18(23-17)19(22)20(2)15-6-12-8-16(21)9-13(12)7-15/h10-13,15-16,21H,3-9H2,1-2H3/t11?,12-,13+,15?,16?. The second-order valence-corrected chi connectivity index (χ2v) is 9.23. The van der Waals surface area contributed by atoms with Gasteiger partial charge in [0.2, 0.25) is 0 Å². The number of fused-ring (bicyclic) bond motifs is 2. The Labute approximate surface area is 142 Å². The molecule has 1 heterocycles. The molecule has 1 N–H and O–H groups in total. The highest BCUT2D eigenvalue weighted by molar-refractivity contribution is 7.14. The van der Waals surface area contributed by atoms with Crippen molar-refractivity contribution in [2.75, 3.05) is 7.05 Å². The van der Waals surface area contributed by atoms with E-state index in [9.17, 15) is 9.90 Å². The summed E-state index contributed by atoms with van der Waals surface area (Å²) in [6, 6.07) is 2.52. The average molecular weight is 333 g/mol. The summed E-state index contributed by atoms with van der Waals surface area (Å²) in [4.78, 5) is 17.3. The molecule has 4 rings (SSSR count). The lowest BCUT2D eigenvalue weighted by molar-refractivity contribution is 0.0727. The maximum atomic E-state index is 12.9. The summed E-state index contributed by atoms with van der Waals surface area (Å²) < 4.78 is 0. The molecule has 1 aromatic heterocycles. The fourth-order valence-electron chi connectivity index (χ4n) is 5.02. The van der Waals surface area contributed by atoms with Crippen LogP contribution in [0.15, 0.2) is 6.07 Å². The largest absolute Gasteiger partial charge is 0.393 e. The SMILES string of the molecule is CC1CCc2sc(C(=O)N(C)C3C[C@H]4CC(O)C[C@H]4C3)cc2C1. The number of aliphatic hydroxyl groups excluding tert-OH is 1. The van der Waals surface area contributed by atoms with Crippen molar-refractivity contribution < 1.29 is 9.90 Å². The first-order chi connectivity index (χ1) is 11.0. The van der Waals surface area contributed by atoms with Gasteiger partial charge in [-0.15, -0.1) is 11.3 Å². The van der Waals surface area contributed by atoms with E-state index >= 15 is 0 Å². The third-order valence-corrected chi connectivity index (χ3v) is 7.60. The number of aliphatic hydroxyl groups is 1. The van der Waals surface area contributed by atoms with Crippen LogP contribution in [0.4, 0.5) is 0 Å². The number of carbonyl (C=O) groups is 1. The second kappa shape index (κ2) is 5.89. The molecule has 0 radical (unpaired) electrons. The van der Waals surface area contributed by atoms with E-state index in [0.29, 0.717) is 17.9 Å². The summed E-state index contributed by atoms with van der Waals surface area (Å²) in [5.74, 6) is 2.21. The van der Waals surface area contributed by atoms with Crippen molar-refractivity contribution in [1.82, 2.24) is 4.90 Å². The van der Waals surface area contributed by atoms with Crippen molar-refractivity contribution in [3.63, 3.8) is 0 Å². The summed E-state index contributed by atoms with van der Waals surface area (Å²) in [6.07, 6.45) is 7.46. The van der Waals surface area contributed by atoms with E-state index in [4.69, 9.17) is 0 Å². The van der Waals surface area contributed by atoms with Crippen molar-refractivity contribution in [1.29, 1.82) is 0 Å². The Kier molecular flexibility index (Phi) is 4.01. The Bertz CT molecular complexity index is 597. The molecule has 2 saturated carbocycles. The van der Waals surface area contributed by atoms with Gasteiger partial charge in [0.15, 0.2) is 0 Å². The van der Waals surface area contributed by atoms with Crippen molar-refractivity contribution >= 4 is 17.2 Å². The lowest BCUT2D eigenvalue weighted by Crippen LogP contribution is -2.35. The normalized spacial score (nSPS) is 35.9. The maximum Gasteiger partial charge on any atom is 0.263 e. The number of aryl methyl sites for hydroxylation is 1. The second-order valence-electron chi connectivity index (χ2n) is 8.09. The van der Waals surface area contributed by atoms with E-state index in [0.717, 1.165) is 49.3 Å². The third-order valence-electron chi connectivity index (χ3n) is 6.37. The highest BCUT2D eigenvalue weighted by Crippen LogP contribution is 2.45. The molecule has 3 aliphatic carbocycles. The van der Waals surface area contributed by atoms with Crippen molar-refractivity contribution in [2.24, 2.45) is 17.8 Å². The first kappa shape index (κ1) is 15.6. The van der Waals surface area contributed by atoms with E-state index in [-0.39, 0.29) is 12.0 Å².